The van der Waals surface area contributed by atoms with E-state index < -0.39 is 0 Å². The molecule has 0 aromatic heterocycles. The molecule has 0 unspecified atom stereocenters. The summed E-state index contributed by atoms with van der Waals surface area (Å²) < 4.78 is 12.9. The fourth-order valence-corrected chi connectivity index (χ4v) is 2.92. The van der Waals surface area contributed by atoms with Crippen molar-refractivity contribution in [3.05, 3.63) is 35.6 Å². The van der Waals surface area contributed by atoms with Gasteiger partial charge in [-0.05, 0) is 49.3 Å². The highest BCUT2D eigenvalue weighted by atomic mass is 19.1. The van der Waals surface area contributed by atoms with Crippen molar-refractivity contribution in [1.29, 1.82) is 0 Å². The van der Waals surface area contributed by atoms with Crippen LogP contribution in [0.3, 0.4) is 0 Å². The number of carbonyl (C=O) groups excluding carboxylic acids is 1. The van der Waals surface area contributed by atoms with Crippen LogP contribution in [0.25, 0.3) is 0 Å². The van der Waals surface area contributed by atoms with Crippen LogP contribution in [0.2, 0.25) is 0 Å². The number of hydrogen-bond donors (Lipinski definition) is 0. The third-order valence-electron chi connectivity index (χ3n) is 4.04. The van der Waals surface area contributed by atoms with Gasteiger partial charge < -0.3 is 0 Å². The Bertz CT molecular complexity index is 400. The van der Waals surface area contributed by atoms with E-state index in [2.05, 4.69) is 0 Å². The molecule has 1 aromatic rings. The summed E-state index contributed by atoms with van der Waals surface area (Å²) in [6.07, 6.45) is 4.07. The highest BCUT2D eigenvalue weighted by Crippen LogP contribution is 2.36. The zero-order chi connectivity index (χ0) is 13.1. The Morgan fingerprint density at radius 1 is 1.11 bits per heavy atom. The van der Waals surface area contributed by atoms with Crippen molar-refractivity contribution in [2.24, 2.45) is 11.8 Å². The molecule has 0 saturated heterocycles. The summed E-state index contributed by atoms with van der Waals surface area (Å²) in [7, 11) is 0. The van der Waals surface area contributed by atoms with Gasteiger partial charge in [-0.1, -0.05) is 26.0 Å². The summed E-state index contributed by atoms with van der Waals surface area (Å²) in [6.45, 7) is 3.96. The Labute approximate surface area is 108 Å². The van der Waals surface area contributed by atoms with E-state index >= 15 is 0 Å². The molecule has 0 atom stereocenters. The van der Waals surface area contributed by atoms with E-state index in [1.54, 1.807) is 0 Å². The predicted octanol–water partition coefficient (Wildman–Crippen LogP) is 4.32. The second kappa shape index (κ2) is 5.64. The number of rotatable bonds is 3. The van der Waals surface area contributed by atoms with Crippen molar-refractivity contribution in [2.75, 3.05) is 0 Å². The molecule has 0 heterocycles. The maximum absolute atomic E-state index is 12.9. The van der Waals surface area contributed by atoms with Crippen LogP contribution in [0.5, 0.6) is 0 Å². The van der Waals surface area contributed by atoms with Crippen molar-refractivity contribution in [3.8, 4) is 0 Å². The van der Waals surface area contributed by atoms with Crippen molar-refractivity contribution < 1.29 is 9.18 Å². The predicted molar refractivity (Wildman–Crippen MR) is 70.9 cm³/mol. The molecule has 18 heavy (non-hydrogen) atoms. The lowest BCUT2D eigenvalue weighted by atomic mass is 9.75. The standard InChI is InChI=1S/C16H21FO/c1-11(2)16(18)14-5-3-12(4-6-14)13-7-9-15(17)10-8-13/h7-12,14H,3-6H2,1-2H3/t12-,14-. The molecular formula is C16H21FO. The van der Waals surface area contributed by atoms with Crippen molar-refractivity contribution in [2.45, 2.75) is 45.4 Å². The third kappa shape index (κ3) is 2.98. The lowest BCUT2D eigenvalue weighted by Crippen LogP contribution is -2.24. The summed E-state index contributed by atoms with van der Waals surface area (Å²) in [5.41, 5.74) is 1.21. The van der Waals surface area contributed by atoms with E-state index in [0.29, 0.717) is 11.7 Å². The average Bonchev–Trinajstić information content (AvgIpc) is 2.39. The molecular weight excluding hydrogens is 227 g/mol. The van der Waals surface area contributed by atoms with Crippen LogP contribution in [0.4, 0.5) is 4.39 Å². The van der Waals surface area contributed by atoms with Crippen molar-refractivity contribution >= 4 is 5.78 Å². The Hall–Kier alpha value is -1.18. The molecule has 1 fully saturated rings. The van der Waals surface area contributed by atoms with Gasteiger partial charge in [-0.2, -0.15) is 0 Å². The quantitative estimate of drug-likeness (QED) is 0.778. The van der Waals surface area contributed by atoms with Crippen LogP contribution < -0.4 is 0 Å². The van der Waals surface area contributed by atoms with Crippen LogP contribution >= 0.6 is 0 Å². The zero-order valence-electron chi connectivity index (χ0n) is 11.2. The van der Waals surface area contributed by atoms with Gasteiger partial charge in [0.2, 0.25) is 0 Å². The van der Waals surface area contributed by atoms with E-state index in [1.165, 1.54) is 17.7 Å². The lowest BCUT2D eigenvalue weighted by molar-refractivity contribution is -0.126. The van der Waals surface area contributed by atoms with Gasteiger partial charge in [0.05, 0.1) is 0 Å². The number of hydrogen-bond acceptors (Lipinski definition) is 1. The molecule has 1 aliphatic carbocycles. The molecule has 0 spiro atoms. The van der Waals surface area contributed by atoms with Gasteiger partial charge in [-0.3, -0.25) is 4.79 Å². The first kappa shape index (κ1) is 13.3. The van der Waals surface area contributed by atoms with Crippen LogP contribution in [0.1, 0.15) is 51.0 Å². The monoisotopic (exact) mass is 248 g/mol. The summed E-state index contributed by atoms with van der Waals surface area (Å²) in [6, 6.07) is 6.82. The van der Waals surface area contributed by atoms with Crippen LogP contribution in [-0.4, -0.2) is 5.78 Å². The summed E-state index contributed by atoms with van der Waals surface area (Å²) in [5.74, 6) is 1.14. The topological polar surface area (TPSA) is 17.1 Å². The Morgan fingerprint density at radius 2 is 1.67 bits per heavy atom. The highest BCUT2D eigenvalue weighted by molar-refractivity contribution is 5.82. The third-order valence-corrected chi connectivity index (χ3v) is 4.04. The van der Waals surface area contributed by atoms with E-state index in [4.69, 9.17) is 0 Å². The molecule has 1 saturated carbocycles. The summed E-state index contributed by atoms with van der Waals surface area (Å²) >= 11 is 0. The first-order chi connectivity index (χ1) is 8.58. The van der Waals surface area contributed by atoms with Gasteiger partial charge in [-0.15, -0.1) is 0 Å². The smallest absolute Gasteiger partial charge is 0.138 e. The van der Waals surface area contributed by atoms with E-state index in [9.17, 15) is 9.18 Å². The van der Waals surface area contributed by atoms with E-state index in [1.807, 2.05) is 26.0 Å². The minimum Gasteiger partial charge on any atom is -0.299 e. The Balaban J connectivity index is 1.94. The van der Waals surface area contributed by atoms with Gasteiger partial charge >= 0.3 is 0 Å². The maximum atomic E-state index is 12.9. The summed E-state index contributed by atoms with van der Waals surface area (Å²) in [4.78, 5) is 11.9. The van der Waals surface area contributed by atoms with Gasteiger partial charge in [0, 0.05) is 11.8 Å². The second-order valence-corrected chi connectivity index (χ2v) is 5.66. The molecule has 1 aromatic carbocycles. The van der Waals surface area contributed by atoms with Crippen molar-refractivity contribution in [3.63, 3.8) is 0 Å². The average molecular weight is 248 g/mol. The molecule has 0 N–H and O–H groups in total. The first-order valence-corrected chi connectivity index (χ1v) is 6.87. The minimum atomic E-state index is -0.178. The van der Waals surface area contributed by atoms with Gasteiger partial charge in [0.25, 0.3) is 0 Å². The first-order valence-electron chi connectivity index (χ1n) is 6.87. The maximum Gasteiger partial charge on any atom is 0.138 e. The number of Topliss-reactive ketones (excluding diaryl/α,β-unsaturated/α-hetero) is 1. The SMILES string of the molecule is CC(C)C(=O)[C@H]1CC[C@H](c2ccc(F)cc2)CC1. The highest BCUT2D eigenvalue weighted by Gasteiger charge is 2.28. The molecule has 0 radical (unpaired) electrons. The second-order valence-electron chi connectivity index (χ2n) is 5.66. The Morgan fingerprint density at radius 3 is 2.17 bits per heavy atom. The van der Waals surface area contributed by atoms with Crippen LogP contribution in [0.15, 0.2) is 24.3 Å². The molecule has 0 aliphatic heterocycles. The molecule has 2 rings (SSSR count). The van der Waals surface area contributed by atoms with Crippen molar-refractivity contribution in [1.82, 2.24) is 0 Å². The van der Waals surface area contributed by atoms with E-state index in [0.717, 1.165) is 25.7 Å². The minimum absolute atomic E-state index is 0.150. The molecule has 0 bridgehead atoms. The fourth-order valence-electron chi connectivity index (χ4n) is 2.92. The fraction of sp³-hybridized carbons (Fsp3) is 0.562. The molecule has 98 valence electrons. The normalized spacial score (nSPS) is 24.2. The molecule has 1 nitrogen and oxygen atoms in total. The number of halogens is 1. The van der Waals surface area contributed by atoms with Crippen LogP contribution in [0, 0.1) is 17.7 Å². The zero-order valence-corrected chi connectivity index (χ0v) is 11.2. The lowest BCUT2D eigenvalue weighted by Gasteiger charge is -2.28. The van der Waals surface area contributed by atoms with E-state index in [-0.39, 0.29) is 17.7 Å². The number of ketones is 1. The molecule has 2 heteroatoms. The van der Waals surface area contributed by atoms with Gasteiger partial charge in [-0.25, -0.2) is 4.39 Å². The molecule has 1 aliphatic rings. The molecule has 0 amide bonds. The van der Waals surface area contributed by atoms with Crippen LogP contribution in [-0.2, 0) is 4.79 Å². The Kier molecular flexibility index (Phi) is 4.15. The summed E-state index contributed by atoms with van der Waals surface area (Å²) in [5, 5.41) is 0. The number of benzene rings is 1. The van der Waals surface area contributed by atoms with Gasteiger partial charge in [0.15, 0.2) is 0 Å². The number of carbonyl (C=O) groups is 1. The largest absolute Gasteiger partial charge is 0.299 e. The van der Waals surface area contributed by atoms with Gasteiger partial charge in [0.1, 0.15) is 11.6 Å².